The number of pyridine rings is 1. The second-order valence-electron chi connectivity index (χ2n) is 4.88. The molecule has 0 aliphatic carbocycles. The fraction of sp³-hybridized carbons (Fsp3) is 0.438. The lowest BCUT2D eigenvalue weighted by Gasteiger charge is -2.23. The van der Waals surface area contributed by atoms with Crippen molar-refractivity contribution in [2.24, 2.45) is 5.73 Å². The zero-order valence-electron chi connectivity index (χ0n) is 12.1. The molecule has 19 heavy (non-hydrogen) atoms. The summed E-state index contributed by atoms with van der Waals surface area (Å²) in [6.07, 6.45) is 0.878. The maximum atomic E-state index is 5.73. The average molecular weight is 257 g/mol. The summed E-state index contributed by atoms with van der Waals surface area (Å²) < 4.78 is 0. The van der Waals surface area contributed by atoms with E-state index in [0.29, 0.717) is 6.54 Å². The van der Waals surface area contributed by atoms with Gasteiger partial charge in [-0.25, -0.2) is 4.98 Å². The quantitative estimate of drug-likeness (QED) is 0.895. The lowest BCUT2D eigenvalue weighted by Crippen LogP contribution is -2.25. The van der Waals surface area contributed by atoms with E-state index in [4.69, 9.17) is 10.7 Å². The third kappa shape index (κ3) is 2.87. The van der Waals surface area contributed by atoms with E-state index in [2.05, 4.69) is 49.9 Å². The molecule has 0 fully saturated rings. The third-order valence-corrected chi connectivity index (χ3v) is 3.51. The Kier molecular flexibility index (Phi) is 4.38. The molecule has 0 aliphatic rings. The highest BCUT2D eigenvalue weighted by molar-refractivity contribution is 5.82. The lowest BCUT2D eigenvalue weighted by molar-refractivity contribution is 0.831. The van der Waals surface area contributed by atoms with Crippen molar-refractivity contribution >= 4 is 16.7 Å². The fourth-order valence-corrected chi connectivity index (χ4v) is 2.45. The zero-order valence-corrected chi connectivity index (χ0v) is 12.1. The third-order valence-electron chi connectivity index (χ3n) is 3.51. The molecule has 0 atom stereocenters. The van der Waals surface area contributed by atoms with Crippen LogP contribution in [0.4, 0.5) is 5.82 Å². The number of benzene rings is 1. The number of rotatable bonds is 5. The van der Waals surface area contributed by atoms with Crippen LogP contribution < -0.4 is 10.6 Å². The van der Waals surface area contributed by atoms with Crippen molar-refractivity contribution in [3.63, 3.8) is 0 Å². The maximum absolute atomic E-state index is 5.73. The Morgan fingerprint density at radius 3 is 2.53 bits per heavy atom. The second-order valence-corrected chi connectivity index (χ2v) is 4.88. The van der Waals surface area contributed by atoms with Gasteiger partial charge in [-0.15, -0.1) is 0 Å². The number of aryl methyl sites for hydroxylation is 1. The first-order chi connectivity index (χ1) is 9.19. The standard InChI is InChI=1S/C16H23N3/c1-4-19(5-2)16-14(8-9-17)11-13-7-6-12(3)10-15(13)18-16/h6-7,10-11H,4-5,8-9,17H2,1-3H3. The summed E-state index contributed by atoms with van der Waals surface area (Å²) in [5, 5.41) is 1.20. The monoisotopic (exact) mass is 257 g/mol. The summed E-state index contributed by atoms with van der Waals surface area (Å²) >= 11 is 0. The van der Waals surface area contributed by atoms with E-state index >= 15 is 0 Å². The van der Waals surface area contributed by atoms with Crippen molar-refractivity contribution in [3.8, 4) is 0 Å². The van der Waals surface area contributed by atoms with Gasteiger partial charge in [-0.1, -0.05) is 12.1 Å². The molecule has 0 saturated heterocycles. The number of nitrogens with zero attached hydrogens (tertiary/aromatic N) is 2. The molecule has 1 heterocycles. The maximum Gasteiger partial charge on any atom is 0.132 e. The molecule has 102 valence electrons. The number of nitrogens with two attached hydrogens (primary N) is 1. The van der Waals surface area contributed by atoms with Crippen molar-refractivity contribution in [1.29, 1.82) is 0 Å². The molecular weight excluding hydrogens is 234 g/mol. The van der Waals surface area contributed by atoms with Gasteiger partial charge in [0.2, 0.25) is 0 Å². The second kappa shape index (κ2) is 6.02. The molecule has 0 radical (unpaired) electrons. The number of fused-ring (bicyclic) bond motifs is 1. The van der Waals surface area contributed by atoms with Gasteiger partial charge < -0.3 is 10.6 Å². The first kappa shape index (κ1) is 13.8. The molecule has 2 rings (SSSR count). The highest BCUT2D eigenvalue weighted by atomic mass is 15.2. The first-order valence-electron chi connectivity index (χ1n) is 7.04. The summed E-state index contributed by atoms with van der Waals surface area (Å²) in [6, 6.07) is 8.66. The van der Waals surface area contributed by atoms with Crippen LogP contribution in [0.15, 0.2) is 24.3 Å². The predicted octanol–water partition coefficient (Wildman–Crippen LogP) is 2.89. The van der Waals surface area contributed by atoms with Crippen molar-refractivity contribution in [1.82, 2.24) is 4.98 Å². The minimum atomic E-state index is 0.660. The van der Waals surface area contributed by atoms with Crippen LogP contribution in [0.5, 0.6) is 0 Å². The minimum Gasteiger partial charge on any atom is -0.357 e. The summed E-state index contributed by atoms with van der Waals surface area (Å²) in [6.45, 7) is 9.03. The summed E-state index contributed by atoms with van der Waals surface area (Å²) in [7, 11) is 0. The van der Waals surface area contributed by atoms with Crippen LogP contribution in [-0.2, 0) is 6.42 Å². The Morgan fingerprint density at radius 1 is 1.16 bits per heavy atom. The molecule has 0 aliphatic heterocycles. The molecule has 0 saturated carbocycles. The van der Waals surface area contributed by atoms with Gasteiger partial charge in [0.15, 0.2) is 0 Å². The molecule has 2 N–H and O–H groups in total. The largest absolute Gasteiger partial charge is 0.357 e. The Morgan fingerprint density at radius 2 is 1.89 bits per heavy atom. The number of anilines is 1. The zero-order chi connectivity index (χ0) is 13.8. The van der Waals surface area contributed by atoms with Crippen LogP contribution >= 0.6 is 0 Å². The van der Waals surface area contributed by atoms with Crippen molar-refractivity contribution in [2.45, 2.75) is 27.2 Å². The topological polar surface area (TPSA) is 42.2 Å². The average Bonchev–Trinajstić information content (AvgIpc) is 2.41. The van der Waals surface area contributed by atoms with Gasteiger partial charge in [0.1, 0.15) is 5.82 Å². The number of hydrogen-bond donors (Lipinski definition) is 1. The van der Waals surface area contributed by atoms with E-state index in [1.165, 1.54) is 16.5 Å². The molecule has 0 amide bonds. The van der Waals surface area contributed by atoms with Crippen LogP contribution in [0.2, 0.25) is 0 Å². The Labute approximate surface area is 115 Å². The van der Waals surface area contributed by atoms with Crippen LogP contribution in [0.3, 0.4) is 0 Å². The lowest BCUT2D eigenvalue weighted by atomic mass is 10.1. The smallest absolute Gasteiger partial charge is 0.132 e. The van der Waals surface area contributed by atoms with Gasteiger partial charge in [0.25, 0.3) is 0 Å². The molecule has 0 spiro atoms. The van der Waals surface area contributed by atoms with E-state index in [-0.39, 0.29) is 0 Å². The Hall–Kier alpha value is -1.61. The van der Waals surface area contributed by atoms with Crippen LogP contribution in [0.25, 0.3) is 10.9 Å². The highest BCUT2D eigenvalue weighted by Gasteiger charge is 2.11. The van der Waals surface area contributed by atoms with Crippen molar-refractivity contribution in [2.75, 3.05) is 24.5 Å². The molecule has 0 unspecified atom stereocenters. The van der Waals surface area contributed by atoms with Crippen LogP contribution in [0, 0.1) is 6.92 Å². The molecule has 0 bridgehead atoms. The fourth-order valence-electron chi connectivity index (χ4n) is 2.45. The minimum absolute atomic E-state index is 0.660. The van der Waals surface area contributed by atoms with E-state index in [1.54, 1.807) is 0 Å². The number of aromatic nitrogens is 1. The summed E-state index contributed by atoms with van der Waals surface area (Å²) in [4.78, 5) is 7.17. The van der Waals surface area contributed by atoms with Crippen LogP contribution in [0.1, 0.15) is 25.0 Å². The molecule has 1 aromatic heterocycles. The van der Waals surface area contributed by atoms with Gasteiger partial charge >= 0.3 is 0 Å². The van der Waals surface area contributed by atoms with E-state index in [1.807, 2.05) is 0 Å². The molecule has 2 aromatic rings. The van der Waals surface area contributed by atoms with Gasteiger partial charge in [0.05, 0.1) is 5.52 Å². The van der Waals surface area contributed by atoms with Crippen LogP contribution in [-0.4, -0.2) is 24.6 Å². The van der Waals surface area contributed by atoms with Crippen molar-refractivity contribution in [3.05, 3.63) is 35.4 Å². The van der Waals surface area contributed by atoms with Gasteiger partial charge in [-0.05, 0) is 57.0 Å². The normalized spacial score (nSPS) is 10.9. The van der Waals surface area contributed by atoms with Gasteiger partial charge in [-0.2, -0.15) is 0 Å². The Balaban J connectivity index is 2.60. The van der Waals surface area contributed by atoms with Gasteiger partial charge in [-0.3, -0.25) is 0 Å². The van der Waals surface area contributed by atoms with E-state index < -0.39 is 0 Å². The SMILES string of the molecule is CCN(CC)c1nc2cc(C)ccc2cc1CCN. The summed E-state index contributed by atoms with van der Waals surface area (Å²) in [5.41, 5.74) is 9.31. The molecule has 3 nitrogen and oxygen atoms in total. The first-order valence-corrected chi connectivity index (χ1v) is 7.04. The molecule has 3 heteroatoms. The predicted molar refractivity (Wildman–Crippen MR) is 82.8 cm³/mol. The number of hydrogen-bond acceptors (Lipinski definition) is 3. The summed E-state index contributed by atoms with van der Waals surface area (Å²) in [5.74, 6) is 1.09. The molecular formula is C16H23N3. The van der Waals surface area contributed by atoms with Gasteiger partial charge in [0, 0.05) is 18.5 Å². The highest BCUT2D eigenvalue weighted by Crippen LogP contribution is 2.24. The Bertz CT molecular complexity index is 559. The van der Waals surface area contributed by atoms with Crippen molar-refractivity contribution < 1.29 is 0 Å². The molecule has 1 aromatic carbocycles. The van der Waals surface area contributed by atoms with E-state index in [0.717, 1.165) is 30.8 Å². The van der Waals surface area contributed by atoms with E-state index in [9.17, 15) is 0 Å².